The lowest BCUT2D eigenvalue weighted by molar-refractivity contribution is 0.0955. The zero-order valence-corrected chi connectivity index (χ0v) is 16.5. The van der Waals surface area contributed by atoms with Gasteiger partial charge in [-0.2, -0.15) is 5.10 Å². The molecule has 1 heterocycles. The maximum atomic E-state index is 12.3. The predicted molar refractivity (Wildman–Crippen MR) is 110 cm³/mol. The third kappa shape index (κ3) is 5.20. The molecule has 0 fully saturated rings. The van der Waals surface area contributed by atoms with Crippen molar-refractivity contribution in [2.24, 2.45) is 12.1 Å². The summed E-state index contributed by atoms with van der Waals surface area (Å²) < 4.78 is 7.40. The summed E-state index contributed by atoms with van der Waals surface area (Å²) in [7, 11) is 1.91. The van der Waals surface area contributed by atoms with Gasteiger partial charge in [0.2, 0.25) is 0 Å². The van der Waals surface area contributed by atoms with Gasteiger partial charge in [-0.15, -0.1) is 10.2 Å². The van der Waals surface area contributed by atoms with Crippen LogP contribution in [0.2, 0.25) is 0 Å². The van der Waals surface area contributed by atoms with Crippen LogP contribution in [-0.4, -0.2) is 33.5 Å². The smallest absolute Gasteiger partial charge is 0.271 e. The van der Waals surface area contributed by atoms with Gasteiger partial charge in [0.15, 0.2) is 5.16 Å². The molecule has 0 aliphatic rings. The van der Waals surface area contributed by atoms with Crippen LogP contribution in [0.3, 0.4) is 0 Å². The Morgan fingerprint density at radius 2 is 2.04 bits per heavy atom. The van der Waals surface area contributed by atoms with Gasteiger partial charge in [-0.25, -0.2) is 5.43 Å². The summed E-state index contributed by atoms with van der Waals surface area (Å²) in [5.41, 5.74) is 4.99. The molecule has 8 heteroatoms. The molecule has 2 aromatic carbocycles. The Hall–Kier alpha value is -3.13. The van der Waals surface area contributed by atoms with Crippen molar-refractivity contribution in [1.29, 1.82) is 0 Å². The van der Waals surface area contributed by atoms with Crippen LogP contribution in [0.5, 0.6) is 5.75 Å². The lowest BCUT2D eigenvalue weighted by atomic mass is 10.1. The van der Waals surface area contributed by atoms with E-state index in [4.69, 9.17) is 4.74 Å². The molecule has 0 spiro atoms. The van der Waals surface area contributed by atoms with Gasteiger partial charge < -0.3 is 9.30 Å². The van der Waals surface area contributed by atoms with Gasteiger partial charge in [0.05, 0.1) is 12.8 Å². The summed E-state index contributed by atoms with van der Waals surface area (Å²) in [4.78, 5) is 12.3. The molecule has 0 saturated carbocycles. The summed E-state index contributed by atoms with van der Waals surface area (Å²) in [6.45, 7) is 2.49. The van der Waals surface area contributed by atoms with Crippen molar-refractivity contribution in [1.82, 2.24) is 20.2 Å². The minimum absolute atomic E-state index is 0.266. The van der Waals surface area contributed by atoms with E-state index < -0.39 is 0 Å². The molecule has 3 rings (SSSR count). The Labute approximate surface area is 167 Å². The number of ether oxygens (including phenoxy) is 1. The molecule has 0 bridgehead atoms. The van der Waals surface area contributed by atoms with Crippen molar-refractivity contribution in [3.05, 3.63) is 71.5 Å². The molecule has 28 heavy (non-hydrogen) atoms. The minimum atomic E-state index is -0.266. The number of benzene rings is 2. The Morgan fingerprint density at radius 1 is 1.25 bits per heavy atom. The average molecular weight is 395 g/mol. The summed E-state index contributed by atoms with van der Waals surface area (Å²) in [6.07, 6.45) is 3.25. The second kappa shape index (κ2) is 9.70. The highest BCUT2D eigenvalue weighted by Crippen LogP contribution is 2.20. The minimum Gasteiger partial charge on any atom is -0.493 e. The molecule has 0 saturated heterocycles. The van der Waals surface area contributed by atoms with Gasteiger partial charge in [0.1, 0.15) is 12.1 Å². The van der Waals surface area contributed by atoms with E-state index >= 15 is 0 Å². The van der Waals surface area contributed by atoms with E-state index in [0.29, 0.717) is 12.2 Å². The summed E-state index contributed by atoms with van der Waals surface area (Å²) in [5.74, 6) is 1.21. The van der Waals surface area contributed by atoms with Crippen LogP contribution in [0, 0.1) is 0 Å². The number of para-hydroxylation sites is 1. The normalized spacial score (nSPS) is 10.9. The Balaban J connectivity index is 1.55. The van der Waals surface area contributed by atoms with E-state index in [1.54, 1.807) is 36.4 Å². The van der Waals surface area contributed by atoms with Gasteiger partial charge in [-0.1, -0.05) is 36.0 Å². The van der Waals surface area contributed by atoms with Gasteiger partial charge >= 0.3 is 0 Å². The number of carbonyl (C=O) groups is 1. The van der Waals surface area contributed by atoms with Crippen molar-refractivity contribution < 1.29 is 9.53 Å². The van der Waals surface area contributed by atoms with Gasteiger partial charge in [0, 0.05) is 23.9 Å². The molecule has 1 amide bonds. The van der Waals surface area contributed by atoms with Crippen molar-refractivity contribution >= 4 is 23.9 Å². The van der Waals surface area contributed by atoms with Crippen molar-refractivity contribution in [3.8, 4) is 5.75 Å². The average Bonchev–Trinajstić information content (AvgIpc) is 3.13. The first kappa shape index (κ1) is 19.6. The standard InChI is InChI=1S/C20H21N5O2S/c1-3-27-18-7-5-4-6-17(18)12-21-23-19(26)16-10-8-15(9-11-16)13-28-20-24-22-14-25(20)2/h4-12,14H,3,13H2,1-2H3,(H,23,26)/b21-12-. The number of nitrogens with zero attached hydrogens (tertiary/aromatic N) is 4. The second-order valence-electron chi connectivity index (χ2n) is 5.88. The third-order valence-corrected chi connectivity index (χ3v) is 4.95. The zero-order valence-electron chi connectivity index (χ0n) is 15.7. The highest BCUT2D eigenvalue weighted by Gasteiger charge is 2.06. The molecule has 0 radical (unpaired) electrons. The molecule has 0 atom stereocenters. The van der Waals surface area contributed by atoms with E-state index in [1.807, 2.05) is 54.9 Å². The van der Waals surface area contributed by atoms with Crippen molar-refractivity contribution in [2.45, 2.75) is 17.8 Å². The highest BCUT2D eigenvalue weighted by molar-refractivity contribution is 7.98. The number of hydrogen-bond donors (Lipinski definition) is 1. The topological polar surface area (TPSA) is 81.4 Å². The summed E-state index contributed by atoms with van der Waals surface area (Å²) in [5, 5.41) is 12.8. The monoisotopic (exact) mass is 395 g/mol. The fourth-order valence-electron chi connectivity index (χ4n) is 2.40. The summed E-state index contributed by atoms with van der Waals surface area (Å²) >= 11 is 1.59. The van der Waals surface area contributed by atoms with E-state index in [0.717, 1.165) is 27.8 Å². The van der Waals surface area contributed by atoms with Crippen LogP contribution in [0.15, 0.2) is 65.1 Å². The lowest BCUT2D eigenvalue weighted by Gasteiger charge is -2.06. The molecular weight excluding hydrogens is 374 g/mol. The van der Waals surface area contributed by atoms with Crippen LogP contribution in [0.1, 0.15) is 28.4 Å². The molecule has 7 nitrogen and oxygen atoms in total. The van der Waals surface area contributed by atoms with E-state index in [1.165, 1.54) is 0 Å². The number of thioether (sulfide) groups is 1. The summed E-state index contributed by atoms with van der Waals surface area (Å²) in [6, 6.07) is 14.9. The lowest BCUT2D eigenvalue weighted by Crippen LogP contribution is -2.17. The third-order valence-electron chi connectivity index (χ3n) is 3.84. The first-order chi connectivity index (χ1) is 13.7. The van der Waals surface area contributed by atoms with Gasteiger partial charge in [-0.05, 0) is 36.8 Å². The number of aryl methyl sites for hydroxylation is 1. The number of aromatic nitrogens is 3. The molecular formula is C20H21N5O2S. The highest BCUT2D eigenvalue weighted by atomic mass is 32.2. The van der Waals surface area contributed by atoms with Crippen LogP contribution in [-0.2, 0) is 12.8 Å². The zero-order chi connectivity index (χ0) is 19.8. The van der Waals surface area contributed by atoms with Gasteiger partial charge in [-0.3, -0.25) is 4.79 Å². The first-order valence-corrected chi connectivity index (χ1v) is 9.77. The number of carbonyl (C=O) groups excluding carboxylic acids is 1. The van der Waals surface area contributed by atoms with Crippen LogP contribution < -0.4 is 10.2 Å². The molecule has 1 aromatic heterocycles. The Bertz CT molecular complexity index is 953. The Kier molecular flexibility index (Phi) is 6.80. The molecule has 3 aromatic rings. The molecule has 0 unspecified atom stereocenters. The fourth-order valence-corrected chi connectivity index (χ4v) is 3.25. The number of hydrogen-bond acceptors (Lipinski definition) is 6. The van der Waals surface area contributed by atoms with E-state index in [2.05, 4.69) is 20.7 Å². The Morgan fingerprint density at radius 3 is 2.75 bits per heavy atom. The second-order valence-corrected chi connectivity index (χ2v) is 6.82. The fraction of sp³-hybridized carbons (Fsp3) is 0.200. The number of hydrazone groups is 1. The van der Waals surface area contributed by atoms with Crippen LogP contribution in [0.4, 0.5) is 0 Å². The largest absolute Gasteiger partial charge is 0.493 e. The maximum Gasteiger partial charge on any atom is 0.271 e. The van der Waals surface area contributed by atoms with Crippen LogP contribution in [0.25, 0.3) is 0 Å². The number of nitrogens with one attached hydrogen (secondary N) is 1. The maximum absolute atomic E-state index is 12.3. The van der Waals surface area contributed by atoms with Gasteiger partial charge in [0.25, 0.3) is 5.91 Å². The molecule has 0 aliphatic heterocycles. The molecule has 144 valence electrons. The van der Waals surface area contributed by atoms with E-state index in [9.17, 15) is 4.79 Å². The number of rotatable bonds is 8. The molecule has 1 N–H and O–H groups in total. The SMILES string of the molecule is CCOc1ccccc1/C=N\NC(=O)c1ccc(CSc2nncn2C)cc1. The predicted octanol–water partition coefficient (Wildman–Crippen LogP) is 3.27. The van der Waals surface area contributed by atoms with Crippen LogP contribution >= 0.6 is 11.8 Å². The van der Waals surface area contributed by atoms with E-state index in [-0.39, 0.29) is 5.91 Å². The molecule has 0 aliphatic carbocycles. The number of amides is 1. The van der Waals surface area contributed by atoms with Crippen molar-refractivity contribution in [2.75, 3.05) is 6.61 Å². The quantitative estimate of drug-likeness (QED) is 0.360. The first-order valence-electron chi connectivity index (χ1n) is 8.78. The van der Waals surface area contributed by atoms with Crippen molar-refractivity contribution in [3.63, 3.8) is 0 Å².